The summed E-state index contributed by atoms with van der Waals surface area (Å²) in [6.45, 7) is 3.83. The van der Waals surface area contributed by atoms with E-state index in [1.165, 1.54) is 0 Å². The minimum Gasteiger partial charge on any atom is -0.478 e. The Morgan fingerprint density at radius 1 is 1.57 bits per heavy atom. The first-order chi connectivity index (χ1) is 10.0. The predicted molar refractivity (Wildman–Crippen MR) is 76.6 cm³/mol. The molecule has 2 aromatic rings. The number of hydrogen-bond donors (Lipinski definition) is 1. The van der Waals surface area contributed by atoms with Gasteiger partial charge in [-0.05, 0) is 25.1 Å². The lowest BCUT2D eigenvalue weighted by atomic mass is 10.0. The summed E-state index contributed by atoms with van der Waals surface area (Å²) in [7, 11) is 1.70. The number of methoxy groups -OCH3 is 1. The molecule has 1 aliphatic heterocycles. The van der Waals surface area contributed by atoms with Gasteiger partial charge >= 0.3 is 5.97 Å². The van der Waals surface area contributed by atoms with E-state index >= 15 is 0 Å². The summed E-state index contributed by atoms with van der Waals surface area (Å²) in [4.78, 5) is 15.5. The van der Waals surface area contributed by atoms with E-state index in [0.717, 1.165) is 17.8 Å². The molecule has 0 bridgehead atoms. The number of aromatic nitrogens is 2. The summed E-state index contributed by atoms with van der Waals surface area (Å²) >= 11 is 0. The zero-order valence-electron chi connectivity index (χ0n) is 12.1. The fourth-order valence-electron chi connectivity index (χ4n) is 2.81. The van der Waals surface area contributed by atoms with E-state index in [1.807, 2.05) is 6.92 Å². The van der Waals surface area contributed by atoms with E-state index in [2.05, 4.69) is 9.55 Å². The van der Waals surface area contributed by atoms with E-state index in [4.69, 9.17) is 14.6 Å². The topological polar surface area (TPSA) is 73.6 Å². The maximum atomic E-state index is 11.0. The first-order valence-electron chi connectivity index (χ1n) is 6.88. The smallest absolute Gasteiger partial charge is 0.335 e. The van der Waals surface area contributed by atoms with Crippen molar-refractivity contribution in [3.05, 3.63) is 29.6 Å². The predicted octanol–water partition coefficient (Wildman–Crippen LogP) is 1.85. The number of nitrogens with zero attached hydrogens (tertiary/aromatic N) is 2. The van der Waals surface area contributed by atoms with Crippen LogP contribution in [0.25, 0.3) is 11.0 Å². The maximum Gasteiger partial charge on any atom is 0.335 e. The summed E-state index contributed by atoms with van der Waals surface area (Å²) in [5.74, 6) is -0.0995. The number of hydrogen-bond acceptors (Lipinski definition) is 4. The van der Waals surface area contributed by atoms with E-state index in [0.29, 0.717) is 25.3 Å². The normalized spacial score (nSPS) is 22.0. The van der Waals surface area contributed by atoms with Gasteiger partial charge < -0.3 is 19.1 Å². The number of rotatable bonds is 4. The average molecular weight is 290 g/mol. The molecule has 1 aromatic carbocycles. The third-order valence-corrected chi connectivity index (χ3v) is 4.13. The highest BCUT2D eigenvalue weighted by molar-refractivity contribution is 5.92. The van der Waals surface area contributed by atoms with Gasteiger partial charge in [0.25, 0.3) is 0 Å². The standard InChI is InChI=1S/C15H18N2O4/c1-10-16-12-7-11(14(18)19)3-4-13(12)17(10)8-15(20-2)5-6-21-9-15/h3-4,7H,5-6,8-9H2,1-2H3,(H,18,19). The molecule has 1 N–H and O–H groups in total. The van der Waals surface area contributed by atoms with Crippen molar-refractivity contribution in [2.45, 2.75) is 25.5 Å². The number of fused-ring (bicyclic) bond motifs is 1. The summed E-state index contributed by atoms with van der Waals surface area (Å²) in [6, 6.07) is 5.01. The molecule has 2 heterocycles. The number of imidazole rings is 1. The number of aromatic carboxylic acids is 1. The second kappa shape index (κ2) is 5.13. The van der Waals surface area contributed by atoms with Gasteiger partial charge in [-0.25, -0.2) is 9.78 Å². The van der Waals surface area contributed by atoms with Crippen LogP contribution in [0.3, 0.4) is 0 Å². The zero-order valence-corrected chi connectivity index (χ0v) is 12.1. The van der Waals surface area contributed by atoms with E-state index in [1.54, 1.807) is 25.3 Å². The van der Waals surface area contributed by atoms with Crippen molar-refractivity contribution in [3.8, 4) is 0 Å². The number of carbonyl (C=O) groups is 1. The van der Waals surface area contributed by atoms with Gasteiger partial charge in [-0.2, -0.15) is 0 Å². The van der Waals surface area contributed by atoms with Crippen molar-refractivity contribution in [3.63, 3.8) is 0 Å². The third-order valence-electron chi connectivity index (χ3n) is 4.13. The van der Waals surface area contributed by atoms with Crippen LogP contribution in [0.2, 0.25) is 0 Å². The Labute approximate surface area is 122 Å². The second-order valence-electron chi connectivity index (χ2n) is 5.44. The van der Waals surface area contributed by atoms with Crippen LogP contribution in [0.1, 0.15) is 22.6 Å². The maximum absolute atomic E-state index is 11.0. The summed E-state index contributed by atoms with van der Waals surface area (Å²) in [5.41, 5.74) is 1.53. The van der Waals surface area contributed by atoms with Gasteiger partial charge in [0.15, 0.2) is 0 Å². The minimum atomic E-state index is -0.943. The van der Waals surface area contributed by atoms with Gasteiger partial charge in [0.05, 0.1) is 29.7 Å². The Hall–Kier alpha value is -1.92. The molecule has 1 atom stereocenters. The van der Waals surface area contributed by atoms with Gasteiger partial charge in [-0.3, -0.25) is 0 Å². The Morgan fingerprint density at radius 3 is 3.00 bits per heavy atom. The fraction of sp³-hybridized carbons (Fsp3) is 0.467. The molecule has 6 nitrogen and oxygen atoms in total. The van der Waals surface area contributed by atoms with Gasteiger partial charge in [-0.1, -0.05) is 0 Å². The fourth-order valence-corrected chi connectivity index (χ4v) is 2.81. The molecule has 0 amide bonds. The van der Waals surface area contributed by atoms with Crippen LogP contribution in [-0.4, -0.2) is 46.6 Å². The number of benzene rings is 1. The molecule has 1 fully saturated rings. The number of ether oxygens (including phenoxy) is 2. The summed E-state index contributed by atoms with van der Waals surface area (Å²) in [5, 5.41) is 9.06. The van der Waals surface area contributed by atoms with Crippen LogP contribution in [0.5, 0.6) is 0 Å². The van der Waals surface area contributed by atoms with Crippen molar-refractivity contribution in [1.29, 1.82) is 0 Å². The SMILES string of the molecule is COC1(Cn2c(C)nc3cc(C(=O)O)ccc32)CCOC1. The van der Waals surface area contributed by atoms with Crippen molar-refractivity contribution >= 4 is 17.0 Å². The lowest BCUT2D eigenvalue weighted by Crippen LogP contribution is -2.37. The molecule has 0 saturated carbocycles. The highest BCUT2D eigenvalue weighted by Crippen LogP contribution is 2.28. The Bertz CT molecular complexity index is 686. The quantitative estimate of drug-likeness (QED) is 0.930. The van der Waals surface area contributed by atoms with Gasteiger partial charge in [0, 0.05) is 20.1 Å². The first-order valence-corrected chi connectivity index (χ1v) is 6.88. The van der Waals surface area contributed by atoms with Gasteiger partial charge in [0.1, 0.15) is 11.4 Å². The van der Waals surface area contributed by atoms with Crippen molar-refractivity contribution in [2.75, 3.05) is 20.3 Å². The van der Waals surface area contributed by atoms with Gasteiger partial charge in [0.2, 0.25) is 0 Å². The molecule has 6 heteroatoms. The van der Waals surface area contributed by atoms with Crippen molar-refractivity contribution in [1.82, 2.24) is 9.55 Å². The summed E-state index contributed by atoms with van der Waals surface area (Å²) < 4.78 is 13.2. The van der Waals surface area contributed by atoms with Gasteiger partial charge in [-0.15, -0.1) is 0 Å². The highest BCUT2D eigenvalue weighted by atomic mass is 16.5. The van der Waals surface area contributed by atoms with Crippen LogP contribution < -0.4 is 0 Å². The van der Waals surface area contributed by atoms with Crippen molar-refractivity contribution in [2.24, 2.45) is 0 Å². The van der Waals surface area contributed by atoms with Crippen LogP contribution in [-0.2, 0) is 16.0 Å². The monoisotopic (exact) mass is 290 g/mol. The molecule has 0 spiro atoms. The van der Waals surface area contributed by atoms with Crippen LogP contribution in [0.15, 0.2) is 18.2 Å². The number of carboxylic acid groups (broad SMARTS) is 1. The average Bonchev–Trinajstić information content (AvgIpc) is 3.05. The molecule has 1 aliphatic rings. The molecule has 1 saturated heterocycles. The van der Waals surface area contributed by atoms with Crippen LogP contribution in [0, 0.1) is 6.92 Å². The molecular formula is C15H18N2O4. The Morgan fingerprint density at radius 2 is 2.38 bits per heavy atom. The van der Waals surface area contributed by atoms with E-state index in [9.17, 15) is 4.79 Å². The lowest BCUT2D eigenvalue weighted by molar-refractivity contribution is -0.0291. The van der Waals surface area contributed by atoms with Crippen LogP contribution in [0.4, 0.5) is 0 Å². The third kappa shape index (κ3) is 2.41. The molecule has 1 aromatic heterocycles. The Balaban J connectivity index is 2.02. The Kier molecular flexibility index (Phi) is 3.43. The molecule has 1 unspecified atom stereocenters. The van der Waals surface area contributed by atoms with Crippen molar-refractivity contribution < 1.29 is 19.4 Å². The first kappa shape index (κ1) is 14.0. The molecule has 21 heavy (non-hydrogen) atoms. The largest absolute Gasteiger partial charge is 0.478 e. The lowest BCUT2D eigenvalue weighted by Gasteiger charge is -2.27. The summed E-state index contributed by atoms with van der Waals surface area (Å²) in [6.07, 6.45) is 0.843. The van der Waals surface area contributed by atoms with E-state index < -0.39 is 5.97 Å². The molecule has 0 radical (unpaired) electrons. The molecule has 112 valence electrons. The molecular weight excluding hydrogens is 272 g/mol. The number of carboxylic acids is 1. The second-order valence-corrected chi connectivity index (χ2v) is 5.44. The number of aryl methyl sites for hydroxylation is 1. The highest BCUT2D eigenvalue weighted by Gasteiger charge is 2.36. The molecule has 3 rings (SSSR count). The zero-order chi connectivity index (χ0) is 15.0. The molecule has 0 aliphatic carbocycles. The van der Waals surface area contributed by atoms with Crippen LogP contribution >= 0.6 is 0 Å². The minimum absolute atomic E-state index is 0.248. The van der Waals surface area contributed by atoms with E-state index in [-0.39, 0.29) is 11.2 Å².